The number of nitrogens with zero attached hydrogens (tertiary/aromatic N) is 2. The van der Waals surface area contributed by atoms with E-state index in [-0.39, 0.29) is 18.1 Å². The van der Waals surface area contributed by atoms with Crippen LogP contribution in [-0.4, -0.2) is 38.8 Å². The monoisotopic (exact) mass is 405 g/mol. The SMILES string of the molecule is CCOC(=O)c1cc(NC(=O)OCC(Cl)(Cl)Cl)n(-c2ccccc2)n1. The highest BCUT2D eigenvalue weighted by molar-refractivity contribution is 6.67. The summed E-state index contributed by atoms with van der Waals surface area (Å²) in [4.78, 5) is 23.8. The Kier molecular flexibility index (Phi) is 6.52. The Morgan fingerprint density at radius 3 is 2.48 bits per heavy atom. The van der Waals surface area contributed by atoms with Gasteiger partial charge in [-0.25, -0.2) is 14.3 Å². The maximum Gasteiger partial charge on any atom is 0.412 e. The molecule has 0 aliphatic rings. The van der Waals surface area contributed by atoms with Gasteiger partial charge in [-0.15, -0.1) is 0 Å². The van der Waals surface area contributed by atoms with E-state index in [0.717, 1.165) is 0 Å². The van der Waals surface area contributed by atoms with Crippen LogP contribution in [0.1, 0.15) is 17.4 Å². The average Bonchev–Trinajstić information content (AvgIpc) is 2.97. The molecule has 1 aromatic heterocycles. The maximum absolute atomic E-state index is 11.9. The molecule has 134 valence electrons. The van der Waals surface area contributed by atoms with E-state index in [1.807, 2.05) is 6.07 Å². The van der Waals surface area contributed by atoms with Gasteiger partial charge in [0.2, 0.25) is 3.79 Å². The van der Waals surface area contributed by atoms with E-state index in [2.05, 4.69) is 10.4 Å². The third-order valence-electron chi connectivity index (χ3n) is 2.79. The number of hydrogen-bond acceptors (Lipinski definition) is 5. The van der Waals surface area contributed by atoms with Gasteiger partial charge in [-0.05, 0) is 19.1 Å². The van der Waals surface area contributed by atoms with Crippen LogP contribution in [0.2, 0.25) is 0 Å². The fourth-order valence-electron chi connectivity index (χ4n) is 1.83. The Hall–Kier alpha value is -1.96. The van der Waals surface area contributed by atoms with Gasteiger partial charge in [-0.1, -0.05) is 53.0 Å². The highest BCUT2D eigenvalue weighted by atomic mass is 35.6. The van der Waals surface area contributed by atoms with Crippen molar-refractivity contribution >= 4 is 52.7 Å². The van der Waals surface area contributed by atoms with Crippen molar-refractivity contribution in [2.45, 2.75) is 10.7 Å². The molecule has 2 aromatic rings. The Morgan fingerprint density at radius 2 is 1.88 bits per heavy atom. The van der Waals surface area contributed by atoms with Crippen molar-refractivity contribution in [2.24, 2.45) is 0 Å². The summed E-state index contributed by atoms with van der Waals surface area (Å²) in [6.45, 7) is 1.44. The first-order chi connectivity index (χ1) is 11.8. The molecule has 0 radical (unpaired) electrons. The van der Waals surface area contributed by atoms with Gasteiger partial charge in [0.05, 0.1) is 12.3 Å². The number of alkyl halides is 3. The van der Waals surface area contributed by atoms with Crippen molar-refractivity contribution in [3.05, 3.63) is 42.1 Å². The second-order valence-corrected chi connectivity index (χ2v) is 7.22. The standard InChI is InChI=1S/C15H14Cl3N3O4/c1-2-24-13(22)11-8-12(19-14(23)25-9-15(16,17)18)21(20-11)10-6-4-3-5-7-10/h3-8H,2,9H2,1H3,(H,19,23). The summed E-state index contributed by atoms with van der Waals surface area (Å²) >= 11 is 16.6. The van der Waals surface area contributed by atoms with Gasteiger partial charge in [-0.3, -0.25) is 5.32 Å². The lowest BCUT2D eigenvalue weighted by atomic mass is 10.3. The van der Waals surface area contributed by atoms with E-state index in [0.29, 0.717) is 5.69 Å². The number of nitrogens with one attached hydrogen (secondary N) is 1. The number of carbonyl (C=O) groups excluding carboxylic acids is 2. The molecule has 0 atom stereocenters. The zero-order valence-corrected chi connectivity index (χ0v) is 15.3. The minimum Gasteiger partial charge on any atom is -0.461 e. The highest BCUT2D eigenvalue weighted by Gasteiger charge is 2.23. The third kappa shape index (κ3) is 5.81. The van der Waals surface area contributed by atoms with Gasteiger partial charge in [0.25, 0.3) is 0 Å². The van der Waals surface area contributed by atoms with Crippen molar-refractivity contribution in [3.8, 4) is 5.69 Å². The van der Waals surface area contributed by atoms with E-state index in [1.165, 1.54) is 10.7 Å². The van der Waals surface area contributed by atoms with Crippen molar-refractivity contribution < 1.29 is 19.1 Å². The van der Waals surface area contributed by atoms with Crippen LogP contribution in [0.3, 0.4) is 0 Å². The smallest absolute Gasteiger partial charge is 0.412 e. The van der Waals surface area contributed by atoms with Crippen molar-refractivity contribution in [2.75, 3.05) is 18.5 Å². The minimum absolute atomic E-state index is 0.0300. The molecule has 1 heterocycles. The van der Waals surface area contributed by atoms with E-state index in [1.54, 1.807) is 31.2 Å². The Morgan fingerprint density at radius 1 is 1.20 bits per heavy atom. The lowest BCUT2D eigenvalue weighted by Gasteiger charge is -2.12. The summed E-state index contributed by atoms with van der Waals surface area (Å²) in [6.07, 6.45) is -0.862. The first-order valence-electron chi connectivity index (χ1n) is 7.13. The van der Waals surface area contributed by atoms with Crippen LogP contribution < -0.4 is 5.32 Å². The Bertz CT molecular complexity index is 744. The molecule has 25 heavy (non-hydrogen) atoms. The summed E-state index contributed by atoms with van der Waals surface area (Å²) < 4.78 is 9.37. The molecular formula is C15H14Cl3N3O4. The number of halogens is 3. The van der Waals surface area contributed by atoms with Gasteiger partial charge in [0.15, 0.2) is 5.69 Å². The molecule has 0 aliphatic carbocycles. The minimum atomic E-state index is -1.73. The molecule has 1 aromatic carbocycles. The largest absolute Gasteiger partial charge is 0.461 e. The summed E-state index contributed by atoms with van der Waals surface area (Å²) in [5.74, 6) is -0.418. The molecule has 1 amide bonds. The normalized spacial score (nSPS) is 11.0. The fourth-order valence-corrected chi connectivity index (χ4v) is 1.99. The predicted octanol–water partition coefficient (Wildman–Crippen LogP) is 3.97. The average molecular weight is 407 g/mol. The number of rotatable bonds is 5. The molecule has 10 heteroatoms. The molecule has 0 saturated carbocycles. The summed E-state index contributed by atoms with van der Waals surface area (Å²) in [7, 11) is 0. The molecule has 7 nitrogen and oxygen atoms in total. The molecule has 0 spiro atoms. The highest BCUT2D eigenvalue weighted by Crippen LogP contribution is 2.26. The van der Waals surface area contributed by atoms with Gasteiger partial charge in [-0.2, -0.15) is 5.10 Å². The lowest BCUT2D eigenvalue weighted by Crippen LogP contribution is -2.22. The lowest BCUT2D eigenvalue weighted by molar-refractivity contribution is 0.0519. The number of ether oxygens (including phenoxy) is 2. The molecule has 0 bridgehead atoms. The van der Waals surface area contributed by atoms with Crippen molar-refractivity contribution in [3.63, 3.8) is 0 Å². The van der Waals surface area contributed by atoms with E-state index < -0.39 is 22.5 Å². The van der Waals surface area contributed by atoms with E-state index >= 15 is 0 Å². The zero-order chi connectivity index (χ0) is 18.4. The van der Waals surface area contributed by atoms with Gasteiger partial charge < -0.3 is 9.47 Å². The van der Waals surface area contributed by atoms with E-state index in [4.69, 9.17) is 44.3 Å². The fraction of sp³-hybridized carbons (Fsp3) is 0.267. The molecule has 1 N–H and O–H groups in total. The first-order valence-corrected chi connectivity index (χ1v) is 8.26. The van der Waals surface area contributed by atoms with Crippen LogP contribution >= 0.6 is 34.8 Å². The Labute approximate surface area is 158 Å². The second kappa shape index (κ2) is 8.42. The summed E-state index contributed by atoms with van der Waals surface area (Å²) in [5, 5.41) is 6.61. The maximum atomic E-state index is 11.9. The third-order valence-corrected chi connectivity index (χ3v) is 3.12. The number of carbonyl (C=O) groups is 2. The topological polar surface area (TPSA) is 82.5 Å². The second-order valence-electron chi connectivity index (χ2n) is 4.70. The van der Waals surface area contributed by atoms with Crippen LogP contribution in [0, 0.1) is 0 Å². The van der Waals surface area contributed by atoms with Crippen LogP contribution in [0.15, 0.2) is 36.4 Å². The van der Waals surface area contributed by atoms with Crippen LogP contribution in [0.25, 0.3) is 5.69 Å². The number of esters is 1. The molecule has 0 saturated heterocycles. The van der Waals surface area contributed by atoms with E-state index in [9.17, 15) is 9.59 Å². The van der Waals surface area contributed by atoms with Gasteiger partial charge in [0, 0.05) is 6.07 Å². The number of aromatic nitrogens is 2. The van der Waals surface area contributed by atoms with Crippen molar-refractivity contribution in [1.29, 1.82) is 0 Å². The molecular weight excluding hydrogens is 393 g/mol. The molecule has 0 fully saturated rings. The Balaban J connectivity index is 2.25. The molecule has 0 unspecified atom stereocenters. The summed E-state index contributed by atoms with van der Waals surface area (Å²) in [6, 6.07) is 10.3. The number of benzene rings is 1. The van der Waals surface area contributed by atoms with Gasteiger partial charge in [0.1, 0.15) is 12.4 Å². The number of anilines is 1. The first kappa shape index (κ1) is 19.4. The molecule has 2 rings (SSSR count). The number of amides is 1. The predicted molar refractivity (Wildman–Crippen MR) is 94.8 cm³/mol. The quantitative estimate of drug-likeness (QED) is 0.600. The van der Waals surface area contributed by atoms with Crippen LogP contribution in [-0.2, 0) is 9.47 Å². The van der Waals surface area contributed by atoms with Crippen LogP contribution in [0.5, 0.6) is 0 Å². The molecule has 0 aliphatic heterocycles. The zero-order valence-electron chi connectivity index (χ0n) is 13.0. The number of para-hydroxylation sites is 1. The van der Waals surface area contributed by atoms with Gasteiger partial charge >= 0.3 is 12.1 Å². The summed E-state index contributed by atoms with van der Waals surface area (Å²) in [5.41, 5.74) is 0.650. The van der Waals surface area contributed by atoms with Crippen molar-refractivity contribution in [1.82, 2.24) is 9.78 Å². The number of hydrogen-bond donors (Lipinski definition) is 1. The van der Waals surface area contributed by atoms with Crippen LogP contribution in [0.4, 0.5) is 10.6 Å².